The molecule has 0 heterocycles. The fourth-order valence-electron chi connectivity index (χ4n) is 3.03. The van der Waals surface area contributed by atoms with Gasteiger partial charge in [0.05, 0.1) is 0 Å². The molecular formula is C12H21N. The highest BCUT2D eigenvalue weighted by Crippen LogP contribution is 2.59. The maximum Gasteiger partial charge on any atom is -0.00145 e. The Hall–Kier alpha value is -0.300. The third kappa shape index (κ3) is 1.34. The van der Waals surface area contributed by atoms with Gasteiger partial charge < -0.3 is 5.32 Å². The molecule has 3 rings (SSSR count). The molecule has 0 amide bonds. The van der Waals surface area contributed by atoms with E-state index in [1.54, 1.807) is 5.57 Å². The van der Waals surface area contributed by atoms with Crippen LogP contribution in [0.4, 0.5) is 0 Å². The van der Waals surface area contributed by atoms with Crippen molar-refractivity contribution in [1.82, 2.24) is 5.32 Å². The van der Waals surface area contributed by atoms with Crippen molar-refractivity contribution in [2.45, 2.75) is 33.1 Å². The lowest BCUT2D eigenvalue weighted by Crippen LogP contribution is -2.48. The summed E-state index contributed by atoms with van der Waals surface area (Å²) in [6.45, 7) is 6.03. The smallest absolute Gasteiger partial charge is 0.00145 e. The minimum Gasteiger partial charge on any atom is -0.319 e. The molecule has 0 unspecified atom stereocenters. The summed E-state index contributed by atoms with van der Waals surface area (Å²) in [5.41, 5.74) is 2.33. The number of hydrogen-bond donors (Lipinski definition) is 1. The van der Waals surface area contributed by atoms with E-state index in [1.165, 1.54) is 19.3 Å². The van der Waals surface area contributed by atoms with E-state index in [4.69, 9.17) is 0 Å². The predicted molar refractivity (Wildman–Crippen MR) is 56.6 cm³/mol. The van der Waals surface area contributed by atoms with Crippen LogP contribution in [0.5, 0.6) is 0 Å². The van der Waals surface area contributed by atoms with Gasteiger partial charge in [0.2, 0.25) is 0 Å². The van der Waals surface area contributed by atoms with Gasteiger partial charge >= 0.3 is 0 Å². The third-order valence-electron chi connectivity index (χ3n) is 4.25. The molecule has 1 fully saturated rings. The quantitative estimate of drug-likeness (QED) is 0.657. The average Bonchev–Trinajstić information content (AvgIpc) is 2.14. The lowest BCUT2D eigenvalue weighted by molar-refractivity contribution is -0.00811. The first-order valence-electron chi connectivity index (χ1n) is 5.49. The maximum atomic E-state index is 3.24. The second-order valence-electron chi connectivity index (χ2n) is 5.17. The third-order valence-corrected chi connectivity index (χ3v) is 4.25. The van der Waals surface area contributed by atoms with Gasteiger partial charge in [-0.25, -0.2) is 0 Å². The maximum absolute atomic E-state index is 3.24. The molecule has 1 N–H and O–H groups in total. The lowest BCUT2D eigenvalue weighted by atomic mass is 9.48. The molecule has 0 saturated heterocycles. The molecule has 2 atom stereocenters. The van der Waals surface area contributed by atoms with E-state index < -0.39 is 0 Å². The van der Waals surface area contributed by atoms with Gasteiger partial charge in [-0.15, -0.1) is 0 Å². The van der Waals surface area contributed by atoms with Crippen LogP contribution >= 0.6 is 0 Å². The molecule has 13 heavy (non-hydrogen) atoms. The van der Waals surface area contributed by atoms with Crippen LogP contribution in [0.3, 0.4) is 0 Å². The number of fused-ring (bicyclic) bond motifs is 1. The van der Waals surface area contributed by atoms with Crippen LogP contribution in [0.1, 0.15) is 33.1 Å². The minimum absolute atomic E-state index is 0.609. The summed E-state index contributed by atoms with van der Waals surface area (Å²) in [6.07, 6.45) is 6.56. The Morgan fingerprint density at radius 3 is 2.85 bits per heavy atom. The molecule has 0 spiro atoms. The fourth-order valence-corrected chi connectivity index (χ4v) is 3.03. The van der Waals surface area contributed by atoms with Gasteiger partial charge in [-0.05, 0) is 50.1 Å². The van der Waals surface area contributed by atoms with Crippen molar-refractivity contribution in [3.8, 4) is 0 Å². The zero-order valence-corrected chi connectivity index (χ0v) is 9.06. The molecule has 3 aliphatic carbocycles. The summed E-state index contributed by atoms with van der Waals surface area (Å²) in [5.74, 6) is 1.88. The van der Waals surface area contributed by atoms with Crippen LogP contribution < -0.4 is 5.32 Å². The van der Waals surface area contributed by atoms with Crippen molar-refractivity contribution < 1.29 is 0 Å². The zero-order valence-electron chi connectivity index (χ0n) is 9.06. The topological polar surface area (TPSA) is 12.0 Å². The van der Waals surface area contributed by atoms with Gasteiger partial charge in [0.25, 0.3) is 0 Å². The molecule has 1 saturated carbocycles. The van der Waals surface area contributed by atoms with Crippen LogP contribution in [0.15, 0.2) is 11.6 Å². The summed E-state index contributed by atoms with van der Waals surface area (Å²) in [4.78, 5) is 0. The highest BCUT2D eigenvalue weighted by atomic mass is 14.8. The molecule has 0 aromatic carbocycles. The minimum atomic E-state index is 0.609. The standard InChI is InChI=1S/C12H21N/c1-12(2)10-5-4-9(6-7-13-3)11(12)8-10/h4,10-11,13H,5-8H2,1-3H3/t10-,11-/m0/s1. The van der Waals surface area contributed by atoms with Crippen LogP contribution in [-0.4, -0.2) is 13.6 Å². The first kappa shape index (κ1) is 9.26. The second-order valence-corrected chi connectivity index (χ2v) is 5.17. The summed E-state index contributed by atoms with van der Waals surface area (Å²) in [5, 5.41) is 3.24. The Kier molecular flexibility index (Phi) is 2.23. The summed E-state index contributed by atoms with van der Waals surface area (Å²) >= 11 is 0. The Morgan fingerprint density at radius 2 is 2.31 bits per heavy atom. The highest BCUT2D eigenvalue weighted by molar-refractivity contribution is 5.23. The van der Waals surface area contributed by atoms with Crippen molar-refractivity contribution >= 4 is 0 Å². The van der Waals surface area contributed by atoms with E-state index in [1.807, 2.05) is 7.05 Å². The second kappa shape index (κ2) is 3.13. The Morgan fingerprint density at radius 1 is 1.54 bits per heavy atom. The Balaban J connectivity index is 2.01. The summed E-state index contributed by atoms with van der Waals surface area (Å²) in [6, 6.07) is 0. The molecule has 1 heteroatoms. The van der Waals surface area contributed by atoms with Gasteiger partial charge in [-0.2, -0.15) is 0 Å². The molecule has 74 valence electrons. The van der Waals surface area contributed by atoms with Gasteiger partial charge in [0.1, 0.15) is 0 Å². The summed E-state index contributed by atoms with van der Waals surface area (Å²) in [7, 11) is 2.04. The van der Waals surface area contributed by atoms with Gasteiger partial charge in [0, 0.05) is 0 Å². The van der Waals surface area contributed by atoms with Gasteiger partial charge in [0.15, 0.2) is 0 Å². The van der Waals surface area contributed by atoms with Crippen molar-refractivity contribution in [3.63, 3.8) is 0 Å². The van der Waals surface area contributed by atoms with Crippen LogP contribution in [0.25, 0.3) is 0 Å². The van der Waals surface area contributed by atoms with E-state index in [0.29, 0.717) is 5.41 Å². The highest BCUT2D eigenvalue weighted by Gasteiger charge is 2.50. The van der Waals surface area contributed by atoms with Crippen LogP contribution in [0, 0.1) is 17.3 Å². The van der Waals surface area contributed by atoms with E-state index in [2.05, 4.69) is 25.2 Å². The molecule has 3 aliphatic rings. The van der Waals surface area contributed by atoms with E-state index in [-0.39, 0.29) is 0 Å². The monoisotopic (exact) mass is 179 g/mol. The molecule has 0 aromatic heterocycles. The normalized spacial score (nSPS) is 35.2. The zero-order chi connectivity index (χ0) is 9.47. The first-order valence-corrected chi connectivity index (χ1v) is 5.49. The average molecular weight is 179 g/mol. The number of rotatable bonds is 3. The van der Waals surface area contributed by atoms with Gasteiger partial charge in [-0.3, -0.25) is 0 Å². The van der Waals surface area contributed by atoms with Crippen molar-refractivity contribution in [3.05, 3.63) is 11.6 Å². The number of hydrogen-bond acceptors (Lipinski definition) is 1. The molecule has 0 aliphatic heterocycles. The molecule has 2 bridgehead atoms. The molecule has 1 nitrogen and oxygen atoms in total. The van der Waals surface area contributed by atoms with Gasteiger partial charge in [-0.1, -0.05) is 25.5 Å². The van der Waals surface area contributed by atoms with Crippen LogP contribution in [0.2, 0.25) is 0 Å². The van der Waals surface area contributed by atoms with Crippen molar-refractivity contribution in [1.29, 1.82) is 0 Å². The van der Waals surface area contributed by atoms with Crippen molar-refractivity contribution in [2.75, 3.05) is 13.6 Å². The largest absolute Gasteiger partial charge is 0.319 e. The molecule has 0 radical (unpaired) electrons. The Bertz CT molecular complexity index is 227. The first-order chi connectivity index (χ1) is 6.16. The number of allylic oxidation sites excluding steroid dienone is 1. The van der Waals surface area contributed by atoms with Crippen molar-refractivity contribution in [2.24, 2.45) is 17.3 Å². The van der Waals surface area contributed by atoms with E-state index >= 15 is 0 Å². The predicted octanol–water partition coefficient (Wildman–Crippen LogP) is 2.59. The summed E-state index contributed by atoms with van der Waals surface area (Å²) < 4.78 is 0. The van der Waals surface area contributed by atoms with E-state index in [9.17, 15) is 0 Å². The SMILES string of the molecule is CNCCC1=CC[C@H]2C[C@@H]1C2(C)C. The molecular weight excluding hydrogens is 158 g/mol. The Labute approximate surface area is 81.6 Å². The fraction of sp³-hybridized carbons (Fsp3) is 0.833. The number of nitrogens with one attached hydrogen (secondary N) is 1. The van der Waals surface area contributed by atoms with E-state index in [0.717, 1.165) is 18.4 Å². The molecule has 0 aromatic rings. The van der Waals surface area contributed by atoms with Crippen LogP contribution in [-0.2, 0) is 0 Å². The lowest BCUT2D eigenvalue weighted by Gasteiger charge is -2.56.